The lowest BCUT2D eigenvalue weighted by Gasteiger charge is -2.25. The number of aromatic nitrogens is 5. The van der Waals surface area contributed by atoms with Gasteiger partial charge in [0.05, 0.1) is 16.9 Å². The number of hydrogen-bond acceptors (Lipinski definition) is 5. The minimum absolute atomic E-state index is 0.447. The summed E-state index contributed by atoms with van der Waals surface area (Å²) >= 11 is 3.60. The van der Waals surface area contributed by atoms with E-state index in [2.05, 4.69) is 45.9 Å². The number of aryl methyl sites for hydroxylation is 1. The first-order valence-electron chi connectivity index (χ1n) is 7.04. The largest absolute Gasteiger partial charge is 0.370 e. The Morgan fingerprint density at radius 3 is 3.09 bits per heavy atom. The zero-order chi connectivity index (χ0) is 15.1. The Bertz CT molecular complexity index is 879. The molecule has 0 atom stereocenters. The van der Waals surface area contributed by atoms with Crippen molar-refractivity contribution in [3.8, 4) is 11.4 Å². The molecule has 3 aliphatic rings. The van der Waals surface area contributed by atoms with Crippen LogP contribution in [0, 0.1) is 0 Å². The molecule has 22 heavy (non-hydrogen) atoms. The highest BCUT2D eigenvalue weighted by Crippen LogP contribution is 2.32. The molecule has 0 aromatic carbocycles. The van der Waals surface area contributed by atoms with Crippen LogP contribution in [0.25, 0.3) is 11.4 Å². The van der Waals surface area contributed by atoms with E-state index in [9.17, 15) is 0 Å². The normalized spacial score (nSPS) is 14.9. The van der Waals surface area contributed by atoms with Crippen molar-refractivity contribution in [2.75, 3.05) is 11.9 Å². The molecule has 4 heterocycles. The van der Waals surface area contributed by atoms with Gasteiger partial charge in [-0.25, -0.2) is 9.98 Å². The van der Waals surface area contributed by atoms with Gasteiger partial charge >= 0.3 is 0 Å². The molecule has 3 aliphatic heterocycles. The van der Waals surface area contributed by atoms with Gasteiger partial charge in [-0.15, -0.1) is 0 Å². The van der Waals surface area contributed by atoms with Crippen molar-refractivity contribution >= 4 is 27.4 Å². The van der Waals surface area contributed by atoms with Crippen LogP contribution in [0.2, 0.25) is 0 Å². The monoisotopic (exact) mass is 359 g/mol. The summed E-state index contributed by atoms with van der Waals surface area (Å²) in [6, 6.07) is 2.04. The van der Waals surface area contributed by atoms with E-state index in [1.807, 2.05) is 25.5 Å². The number of nitrogens with one attached hydrogen (secondary N) is 1. The third-order valence-electron chi connectivity index (χ3n) is 3.59. The Morgan fingerprint density at radius 1 is 1.36 bits per heavy atom. The van der Waals surface area contributed by atoms with E-state index in [-0.39, 0.29) is 0 Å². The molecular weight excluding hydrogens is 346 g/mol. The van der Waals surface area contributed by atoms with Crippen molar-refractivity contribution < 1.29 is 0 Å². The van der Waals surface area contributed by atoms with Crippen LogP contribution in [0.4, 0.5) is 11.5 Å². The maximum absolute atomic E-state index is 4.62. The molecule has 0 spiro atoms. The van der Waals surface area contributed by atoms with Gasteiger partial charge in [0.15, 0.2) is 0 Å². The molecule has 0 unspecified atom stereocenters. The molecule has 112 valence electrons. The molecule has 1 aromatic heterocycles. The first kappa shape index (κ1) is 13.4. The quantitative estimate of drug-likeness (QED) is 0.720. The standard InChI is InChI=1S/C14H14BrN7/c1-21-8-10(7-18-21)19-14-17-6-9-5-11(15)13-16-3-2-4-22(13)12(9)20-14/h5-8,16H,2-4H2,1H3. The van der Waals surface area contributed by atoms with E-state index in [0.29, 0.717) is 5.62 Å². The smallest absolute Gasteiger partial charge is 0.251 e. The predicted octanol–water partition coefficient (Wildman–Crippen LogP) is 1.93. The second-order valence-corrected chi connectivity index (χ2v) is 6.06. The van der Waals surface area contributed by atoms with Crippen LogP contribution in [0.5, 0.6) is 0 Å². The first-order valence-corrected chi connectivity index (χ1v) is 7.83. The molecule has 4 rings (SSSR count). The summed E-state index contributed by atoms with van der Waals surface area (Å²) in [6.45, 7) is 1.91. The van der Waals surface area contributed by atoms with Crippen molar-refractivity contribution in [2.24, 2.45) is 12.0 Å². The van der Waals surface area contributed by atoms with Crippen molar-refractivity contribution in [1.82, 2.24) is 24.3 Å². The van der Waals surface area contributed by atoms with Gasteiger partial charge in [0.1, 0.15) is 17.3 Å². The summed E-state index contributed by atoms with van der Waals surface area (Å²) in [4.78, 5) is 13.4. The second kappa shape index (κ2) is 5.20. The van der Waals surface area contributed by atoms with Crippen LogP contribution in [0.15, 0.2) is 34.1 Å². The minimum atomic E-state index is 0.447. The number of rotatable bonds is 1. The van der Waals surface area contributed by atoms with Crippen molar-refractivity contribution in [2.45, 2.75) is 13.0 Å². The van der Waals surface area contributed by atoms with Crippen LogP contribution in [-0.2, 0) is 13.6 Å². The third-order valence-corrected chi connectivity index (χ3v) is 4.19. The fourth-order valence-electron chi connectivity index (χ4n) is 2.61. The molecule has 0 aliphatic carbocycles. The number of fused-ring (bicyclic) bond motifs is 3. The van der Waals surface area contributed by atoms with Gasteiger partial charge in [0.2, 0.25) is 0 Å². The number of hydrogen-bond donors (Lipinski definition) is 1. The van der Waals surface area contributed by atoms with Gasteiger partial charge in [0.25, 0.3) is 5.62 Å². The molecule has 1 aromatic rings. The van der Waals surface area contributed by atoms with Gasteiger partial charge in [0, 0.05) is 31.9 Å². The molecule has 7 nitrogen and oxygen atoms in total. The minimum Gasteiger partial charge on any atom is -0.370 e. The highest BCUT2D eigenvalue weighted by Gasteiger charge is 2.18. The molecule has 1 N–H and O–H groups in total. The molecule has 0 bridgehead atoms. The zero-order valence-electron chi connectivity index (χ0n) is 12.0. The van der Waals surface area contributed by atoms with Gasteiger partial charge in [-0.05, 0) is 28.4 Å². The maximum Gasteiger partial charge on any atom is 0.251 e. The van der Waals surface area contributed by atoms with Gasteiger partial charge in [-0.2, -0.15) is 10.1 Å². The summed E-state index contributed by atoms with van der Waals surface area (Å²) in [5.41, 5.74) is 2.18. The first-order chi connectivity index (χ1) is 10.7. The SMILES string of the molecule is Cn1cc(N=c2ncc3cc(Br)c4n(c-3n2)CCCN4)cn1. The zero-order valence-corrected chi connectivity index (χ0v) is 13.6. The summed E-state index contributed by atoms with van der Waals surface area (Å²) in [5, 5.41) is 7.51. The highest BCUT2D eigenvalue weighted by molar-refractivity contribution is 9.10. The topological polar surface area (TPSA) is 72.9 Å². The summed E-state index contributed by atoms with van der Waals surface area (Å²) in [7, 11) is 1.86. The van der Waals surface area contributed by atoms with E-state index in [1.54, 1.807) is 10.9 Å². The van der Waals surface area contributed by atoms with E-state index in [1.165, 1.54) is 0 Å². The van der Waals surface area contributed by atoms with Gasteiger partial charge < -0.3 is 9.88 Å². The van der Waals surface area contributed by atoms with Crippen LogP contribution in [0.1, 0.15) is 6.42 Å². The molecule has 0 fully saturated rings. The highest BCUT2D eigenvalue weighted by atomic mass is 79.9. The fraction of sp³-hybridized carbons (Fsp3) is 0.286. The van der Waals surface area contributed by atoms with Crippen molar-refractivity contribution in [3.63, 3.8) is 0 Å². The molecular formula is C14H14BrN7. The fourth-order valence-corrected chi connectivity index (χ4v) is 3.21. The summed E-state index contributed by atoms with van der Waals surface area (Å²) in [6.07, 6.45) is 6.41. The lowest BCUT2D eigenvalue weighted by atomic mass is 10.2. The average Bonchev–Trinajstić information content (AvgIpc) is 2.93. The molecule has 0 amide bonds. The molecule has 8 heteroatoms. The van der Waals surface area contributed by atoms with Crippen molar-refractivity contribution in [1.29, 1.82) is 0 Å². The second-order valence-electron chi connectivity index (χ2n) is 5.21. The number of halogens is 1. The van der Waals surface area contributed by atoms with E-state index in [4.69, 9.17) is 0 Å². The maximum atomic E-state index is 4.62. The summed E-state index contributed by atoms with van der Waals surface area (Å²) < 4.78 is 4.91. The average molecular weight is 360 g/mol. The Morgan fingerprint density at radius 2 is 2.27 bits per heavy atom. The molecule has 0 saturated carbocycles. The Hall–Kier alpha value is -2.22. The number of nitrogens with zero attached hydrogens (tertiary/aromatic N) is 6. The summed E-state index contributed by atoms with van der Waals surface area (Å²) in [5.74, 6) is 1.95. The number of pyridine rings is 1. The Balaban J connectivity index is 1.92. The Labute approximate surface area is 135 Å². The van der Waals surface area contributed by atoms with Crippen LogP contribution in [0.3, 0.4) is 0 Å². The third kappa shape index (κ3) is 2.29. The van der Waals surface area contributed by atoms with Gasteiger partial charge in [-0.3, -0.25) is 4.68 Å². The van der Waals surface area contributed by atoms with Gasteiger partial charge in [-0.1, -0.05) is 0 Å². The Kier molecular flexibility index (Phi) is 3.18. The van der Waals surface area contributed by atoms with E-state index < -0.39 is 0 Å². The predicted molar refractivity (Wildman–Crippen MR) is 85.9 cm³/mol. The van der Waals surface area contributed by atoms with E-state index >= 15 is 0 Å². The van der Waals surface area contributed by atoms with Crippen molar-refractivity contribution in [3.05, 3.63) is 34.7 Å². The molecule has 0 saturated heterocycles. The van der Waals surface area contributed by atoms with Crippen LogP contribution >= 0.6 is 15.9 Å². The van der Waals surface area contributed by atoms with E-state index in [0.717, 1.165) is 46.9 Å². The lowest BCUT2D eigenvalue weighted by molar-refractivity contribution is 0.618. The number of anilines is 1. The lowest BCUT2D eigenvalue weighted by Crippen LogP contribution is -2.24. The van der Waals surface area contributed by atoms with Crippen LogP contribution in [-0.4, -0.2) is 30.9 Å². The van der Waals surface area contributed by atoms with Crippen LogP contribution < -0.4 is 10.9 Å². The molecule has 0 radical (unpaired) electrons.